The molecule has 3 rings (SSSR count). The van der Waals surface area contributed by atoms with Crippen LogP contribution in [0, 0.1) is 6.92 Å². The zero-order valence-electron chi connectivity index (χ0n) is 12.1. The number of nitrogens with two attached hydrogens (primary N) is 1. The zero-order valence-corrected chi connectivity index (χ0v) is 12.1. The van der Waals surface area contributed by atoms with Crippen LogP contribution in [-0.2, 0) is 11.2 Å². The SMILES string of the molecule is COc1ccc(C)cc1C(N)c1ccc2c(c1)CC(=O)N2. The summed E-state index contributed by atoms with van der Waals surface area (Å²) in [5, 5.41) is 2.83. The van der Waals surface area contributed by atoms with Gasteiger partial charge in [0.25, 0.3) is 0 Å². The minimum absolute atomic E-state index is 0.0313. The zero-order chi connectivity index (χ0) is 15.0. The third kappa shape index (κ3) is 2.50. The van der Waals surface area contributed by atoms with Crippen LogP contribution in [0.4, 0.5) is 5.69 Å². The fraction of sp³-hybridized carbons (Fsp3) is 0.235. The lowest BCUT2D eigenvalue weighted by Crippen LogP contribution is -2.13. The van der Waals surface area contributed by atoms with Gasteiger partial charge in [-0.05, 0) is 30.2 Å². The van der Waals surface area contributed by atoms with E-state index in [0.29, 0.717) is 6.42 Å². The highest BCUT2D eigenvalue weighted by Crippen LogP contribution is 2.32. The molecule has 1 amide bonds. The van der Waals surface area contributed by atoms with E-state index in [-0.39, 0.29) is 11.9 Å². The first kappa shape index (κ1) is 13.6. The van der Waals surface area contributed by atoms with E-state index in [9.17, 15) is 4.79 Å². The highest BCUT2D eigenvalue weighted by molar-refractivity contribution is 5.99. The van der Waals surface area contributed by atoms with Crippen molar-refractivity contribution in [3.05, 3.63) is 58.7 Å². The molecule has 21 heavy (non-hydrogen) atoms. The molecule has 0 radical (unpaired) electrons. The summed E-state index contributed by atoms with van der Waals surface area (Å²) < 4.78 is 5.41. The van der Waals surface area contributed by atoms with Crippen molar-refractivity contribution < 1.29 is 9.53 Å². The van der Waals surface area contributed by atoms with Crippen LogP contribution < -0.4 is 15.8 Å². The Morgan fingerprint density at radius 2 is 2.05 bits per heavy atom. The summed E-state index contributed by atoms with van der Waals surface area (Å²) in [5.41, 5.74) is 11.4. The van der Waals surface area contributed by atoms with E-state index in [1.807, 2.05) is 43.3 Å². The molecular weight excluding hydrogens is 264 g/mol. The standard InChI is InChI=1S/C17H18N2O2/c1-10-3-6-15(21-2)13(7-10)17(18)11-4-5-14-12(8-11)9-16(20)19-14/h3-8,17H,9,18H2,1-2H3,(H,19,20). The number of nitrogens with one attached hydrogen (secondary N) is 1. The monoisotopic (exact) mass is 282 g/mol. The normalized spacial score (nSPS) is 14.5. The summed E-state index contributed by atoms with van der Waals surface area (Å²) in [5.74, 6) is 0.812. The lowest BCUT2D eigenvalue weighted by molar-refractivity contribution is -0.115. The van der Waals surface area contributed by atoms with E-state index in [2.05, 4.69) is 5.32 Å². The number of anilines is 1. The van der Waals surface area contributed by atoms with Crippen LogP contribution in [0.25, 0.3) is 0 Å². The van der Waals surface area contributed by atoms with Gasteiger partial charge < -0.3 is 15.8 Å². The van der Waals surface area contributed by atoms with E-state index in [4.69, 9.17) is 10.5 Å². The predicted molar refractivity (Wildman–Crippen MR) is 82.5 cm³/mol. The maximum absolute atomic E-state index is 11.4. The Hall–Kier alpha value is -2.33. The summed E-state index contributed by atoms with van der Waals surface area (Å²) in [6.07, 6.45) is 0.418. The molecule has 1 aliphatic heterocycles. The number of carbonyl (C=O) groups is 1. The number of methoxy groups -OCH3 is 1. The second-order valence-electron chi connectivity index (χ2n) is 5.36. The van der Waals surface area contributed by atoms with Gasteiger partial charge in [-0.15, -0.1) is 0 Å². The topological polar surface area (TPSA) is 64.3 Å². The van der Waals surface area contributed by atoms with Crippen molar-refractivity contribution in [2.45, 2.75) is 19.4 Å². The van der Waals surface area contributed by atoms with Crippen LogP contribution in [-0.4, -0.2) is 13.0 Å². The van der Waals surface area contributed by atoms with Crippen LogP contribution in [0.15, 0.2) is 36.4 Å². The maximum Gasteiger partial charge on any atom is 0.228 e. The molecule has 0 bridgehead atoms. The molecule has 0 aromatic heterocycles. The van der Waals surface area contributed by atoms with Crippen molar-refractivity contribution in [1.82, 2.24) is 0 Å². The van der Waals surface area contributed by atoms with Crippen LogP contribution >= 0.6 is 0 Å². The number of amides is 1. The number of benzene rings is 2. The highest BCUT2D eigenvalue weighted by atomic mass is 16.5. The Kier molecular flexibility index (Phi) is 3.39. The number of rotatable bonds is 3. The van der Waals surface area contributed by atoms with Gasteiger partial charge in [0.15, 0.2) is 0 Å². The second-order valence-corrected chi connectivity index (χ2v) is 5.36. The molecule has 0 spiro atoms. The molecule has 1 atom stereocenters. The minimum Gasteiger partial charge on any atom is -0.496 e. The van der Waals surface area contributed by atoms with Gasteiger partial charge in [0, 0.05) is 11.3 Å². The van der Waals surface area contributed by atoms with Crippen molar-refractivity contribution in [2.75, 3.05) is 12.4 Å². The fourth-order valence-corrected chi connectivity index (χ4v) is 2.72. The van der Waals surface area contributed by atoms with Gasteiger partial charge in [0.2, 0.25) is 5.91 Å². The van der Waals surface area contributed by atoms with E-state index in [0.717, 1.165) is 33.7 Å². The molecule has 0 saturated carbocycles. The molecule has 0 saturated heterocycles. The molecule has 108 valence electrons. The first-order chi connectivity index (χ1) is 10.1. The Bertz CT molecular complexity index is 710. The van der Waals surface area contributed by atoms with Gasteiger partial charge in [-0.25, -0.2) is 0 Å². The van der Waals surface area contributed by atoms with Crippen molar-refractivity contribution in [3.63, 3.8) is 0 Å². The van der Waals surface area contributed by atoms with Crippen molar-refractivity contribution in [2.24, 2.45) is 5.73 Å². The Morgan fingerprint density at radius 3 is 2.81 bits per heavy atom. The summed E-state index contributed by atoms with van der Waals surface area (Å²) in [6.45, 7) is 2.03. The Morgan fingerprint density at radius 1 is 1.24 bits per heavy atom. The first-order valence-electron chi connectivity index (χ1n) is 6.91. The smallest absolute Gasteiger partial charge is 0.228 e. The number of aryl methyl sites for hydroxylation is 1. The van der Waals surface area contributed by atoms with Gasteiger partial charge in [0.05, 0.1) is 19.6 Å². The highest BCUT2D eigenvalue weighted by Gasteiger charge is 2.20. The summed E-state index contributed by atoms with van der Waals surface area (Å²) >= 11 is 0. The van der Waals surface area contributed by atoms with Crippen molar-refractivity contribution >= 4 is 11.6 Å². The van der Waals surface area contributed by atoms with E-state index < -0.39 is 0 Å². The molecule has 1 aliphatic rings. The molecule has 0 fully saturated rings. The molecule has 4 heteroatoms. The Balaban J connectivity index is 1.99. The largest absolute Gasteiger partial charge is 0.496 e. The summed E-state index contributed by atoms with van der Waals surface area (Å²) in [7, 11) is 1.65. The molecule has 2 aromatic carbocycles. The Labute approximate surface area is 123 Å². The predicted octanol–water partition coefficient (Wildman–Crippen LogP) is 2.55. The number of carbonyl (C=O) groups excluding carboxylic acids is 1. The number of ether oxygens (including phenoxy) is 1. The molecule has 4 nitrogen and oxygen atoms in total. The number of fused-ring (bicyclic) bond motifs is 1. The summed E-state index contributed by atoms with van der Waals surface area (Å²) in [6, 6.07) is 11.6. The quantitative estimate of drug-likeness (QED) is 0.909. The average molecular weight is 282 g/mol. The number of hydrogen-bond donors (Lipinski definition) is 2. The maximum atomic E-state index is 11.4. The van der Waals surface area contributed by atoms with Crippen LogP contribution in [0.3, 0.4) is 0 Å². The van der Waals surface area contributed by atoms with Gasteiger partial charge in [0.1, 0.15) is 5.75 Å². The first-order valence-corrected chi connectivity index (χ1v) is 6.91. The second kappa shape index (κ2) is 5.22. The van der Waals surface area contributed by atoms with Crippen molar-refractivity contribution in [3.8, 4) is 5.75 Å². The van der Waals surface area contributed by atoms with Crippen LogP contribution in [0.1, 0.15) is 28.3 Å². The average Bonchev–Trinajstić information content (AvgIpc) is 2.85. The van der Waals surface area contributed by atoms with E-state index >= 15 is 0 Å². The van der Waals surface area contributed by atoms with E-state index in [1.165, 1.54) is 0 Å². The van der Waals surface area contributed by atoms with Crippen LogP contribution in [0.2, 0.25) is 0 Å². The van der Waals surface area contributed by atoms with Gasteiger partial charge in [-0.1, -0.05) is 29.8 Å². The summed E-state index contributed by atoms with van der Waals surface area (Å²) in [4.78, 5) is 11.4. The third-order valence-corrected chi connectivity index (χ3v) is 3.83. The molecule has 0 aliphatic carbocycles. The third-order valence-electron chi connectivity index (χ3n) is 3.83. The van der Waals surface area contributed by atoms with Gasteiger partial charge in [-0.3, -0.25) is 4.79 Å². The number of hydrogen-bond acceptors (Lipinski definition) is 3. The van der Waals surface area contributed by atoms with Crippen LogP contribution in [0.5, 0.6) is 5.75 Å². The molecule has 3 N–H and O–H groups in total. The van der Waals surface area contributed by atoms with Gasteiger partial charge in [-0.2, -0.15) is 0 Å². The lowest BCUT2D eigenvalue weighted by atomic mass is 9.95. The molecule has 2 aromatic rings. The molecule has 1 unspecified atom stereocenters. The molecule has 1 heterocycles. The molecular formula is C17H18N2O2. The lowest BCUT2D eigenvalue weighted by Gasteiger charge is -2.17. The minimum atomic E-state index is -0.277. The van der Waals surface area contributed by atoms with E-state index in [1.54, 1.807) is 7.11 Å². The van der Waals surface area contributed by atoms with Gasteiger partial charge >= 0.3 is 0 Å². The fourth-order valence-electron chi connectivity index (χ4n) is 2.72. The van der Waals surface area contributed by atoms with Crippen molar-refractivity contribution in [1.29, 1.82) is 0 Å².